The van der Waals surface area contributed by atoms with E-state index in [1.807, 2.05) is 24.3 Å². The summed E-state index contributed by atoms with van der Waals surface area (Å²) < 4.78 is 28.4. The Morgan fingerprint density at radius 2 is 1.71 bits per heavy atom. The number of sulfone groups is 1. The van der Waals surface area contributed by atoms with Crippen molar-refractivity contribution in [1.29, 1.82) is 0 Å². The van der Waals surface area contributed by atoms with Crippen molar-refractivity contribution in [2.45, 2.75) is 32.7 Å². The van der Waals surface area contributed by atoms with Crippen molar-refractivity contribution in [3.05, 3.63) is 35.4 Å². The van der Waals surface area contributed by atoms with Crippen LogP contribution in [-0.4, -0.2) is 32.5 Å². The highest BCUT2D eigenvalue weighted by molar-refractivity contribution is 7.92. The Bertz CT molecular complexity index is 564. The van der Waals surface area contributed by atoms with Crippen molar-refractivity contribution in [2.24, 2.45) is 5.73 Å². The summed E-state index contributed by atoms with van der Waals surface area (Å²) >= 11 is 0. The minimum atomic E-state index is -3.58. The topological polar surface area (TPSA) is 86.5 Å². The predicted octanol–water partition coefficient (Wildman–Crippen LogP) is 1.79. The van der Waals surface area contributed by atoms with Gasteiger partial charge < -0.3 is 10.5 Å². The molecule has 0 radical (unpaired) electrons. The summed E-state index contributed by atoms with van der Waals surface area (Å²) in [5, 5.41) is 0. The molecule has 0 spiro atoms. The van der Waals surface area contributed by atoms with Crippen molar-refractivity contribution < 1.29 is 17.9 Å². The second-order valence-corrected chi connectivity index (χ2v) is 7.40. The molecule has 2 N–H and O–H groups in total. The van der Waals surface area contributed by atoms with Crippen molar-refractivity contribution in [3.63, 3.8) is 0 Å². The predicted molar refractivity (Wildman–Crippen MR) is 82.7 cm³/mol. The second kappa shape index (κ2) is 7.56. The number of nitrogens with two attached hydrogens (primary N) is 1. The lowest BCUT2D eigenvalue weighted by molar-refractivity contribution is -0.139. The monoisotopic (exact) mass is 313 g/mol. The van der Waals surface area contributed by atoms with E-state index in [2.05, 4.69) is 18.6 Å². The van der Waals surface area contributed by atoms with Gasteiger partial charge in [-0.2, -0.15) is 0 Å². The van der Waals surface area contributed by atoms with Crippen LogP contribution in [0.2, 0.25) is 0 Å². The Kier molecular flexibility index (Phi) is 6.36. The lowest BCUT2D eigenvalue weighted by Gasteiger charge is -2.14. The maximum absolute atomic E-state index is 11.9. The van der Waals surface area contributed by atoms with Crippen LogP contribution in [0.15, 0.2) is 24.3 Å². The summed E-state index contributed by atoms with van der Waals surface area (Å²) in [6.07, 6.45) is 0. The van der Waals surface area contributed by atoms with Crippen molar-refractivity contribution >= 4 is 15.8 Å². The van der Waals surface area contributed by atoms with Crippen LogP contribution in [0.25, 0.3) is 0 Å². The fourth-order valence-electron chi connectivity index (χ4n) is 1.94. The van der Waals surface area contributed by atoms with Crippen LogP contribution in [0.5, 0.6) is 0 Å². The van der Waals surface area contributed by atoms with E-state index in [4.69, 9.17) is 5.73 Å². The summed E-state index contributed by atoms with van der Waals surface area (Å²) in [5.74, 6) is -1.23. The Morgan fingerprint density at radius 1 is 1.19 bits per heavy atom. The molecular formula is C15H23NO4S. The number of hydrogen-bond acceptors (Lipinski definition) is 5. The van der Waals surface area contributed by atoms with E-state index in [-0.39, 0.29) is 12.4 Å². The molecular weight excluding hydrogens is 290 g/mol. The average molecular weight is 313 g/mol. The number of carbonyl (C=O) groups is 1. The van der Waals surface area contributed by atoms with Gasteiger partial charge in [0, 0.05) is 6.04 Å². The van der Waals surface area contributed by atoms with Crippen LogP contribution in [0, 0.1) is 0 Å². The molecule has 0 aliphatic heterocycles. The molecule has 118 valence electrons. The highest BCUT2D eigenvalue weighted by atomic mass is 32.2. The number of rotatable bonds is 7. The van der Waals surface area contributed by atoms with Crippen molar-refractivity contribution in [1.82, 2.24) is 0 Å². The van der Waals surface area contributed by atoms with E-state index in [9.17, 15) is 13.2 Å². The first kappa shape index (κ1) is 17.7. The molecule has 5 nitrogen and oxygen atoms in total. The molecule has 0 aliphatic carbocycles. The van der Waals surface area contributed by atoms with Gasteiger partial charge >= 0.3 is 5.97 Å². The van der Waals surface area contributed by atoms with Gasteiger partial charge in [0.2, 0.25) is 0 Å². The average Bonchev–Trinajstić information content (AvgIpc) is 2.37. The van der Waals surface area contributed by atoms with Crippen molar-refractivity contribution in [2.75, 3.05) is 18.1 Å². The molecule has 0 saturated carbocycles. The quantitative estimate of drug-likeness (QED) is 0.776. The third kappa shape index (κ3) is 5.85. The molecule has 0 bridgehead atoms. The van der Waals surface area contributed by atoms with Gasteiger partial charge in [0.1, 0.15) is 5.75 Å². The van der Waals surface area contributed by atoms with E-state index in [1.165, 1.54) is 5.56 Å². The summed E-state index contributed by atoms with van der Waals surface area (Å²) in [7, 11) is -3.58. The molecule has 0 fully saturated rings. The largest absolute Gasteiger partial charge is 0.465 e. The first-order valence-electron chi connectivity index (χ1n) is 6.96. The first-order valence-corrected chi connectivity index (χ1v) is 8.78. The van der Waals surface area contributed by atoms with E-state index in [1.54, 1.807) is 6.92 Å². The van der Waals surface area contributed by atoms with E-state index in [0.29, 0.717) is 5.92 Å². The molecule has 21 heavy (non-hydrogen) atoms. The molecule has 0 aromatic heterocycles. The van der Waals surface area contributed by atoms with Crippen molar-refractivity contribution in [3.8, 4) is 0 Å². The number of esters is 1. The molecule has 1 unspecified atom stereocenters. The number of benzene rings is 1. The van der Waals surface area contributed by atoms with Crippen LogP contribution in [-0.2, 0) is 19.4 Å². The van der Waals surface area contributed by atoms with Crippen LogP contribution in [0.3, 0.4) is 0 Å². The highest BCUT2D eigenvalue weighted by Crippen LogP contribution is 2.18. The van der Waals surface area contributed by atoms with Crippen LogP contribution < -0.4 is 5.73 Å². The lowest BCUT2D eigenvalue weighted by atomic mass is 10.00. The van der Waals surface area contributed by atoms with Crippen LogP contribution in [0.1, 0.15) is 43.9 Å². The standard InChI is InChI=1S/C15H23NO4S/c1-4-20-15(17)10-21(18,19)9-14(16)13-7-5-12(6-8-13)11(2)3/h5-8,11,14H,4,9-10,16H2,1-3H3. The Balaban J connectivity index is 2.71. The van der Waals surface area contributed by atoms with Gasteiger partial charge in [-0.3, -0.25) is 4.79 Å². The minimum Gasteiger partial charge on any atom is -0.465 e. The molecule has 1 aromatic rings. The van der Waals surface area contributed by atoms with Crippen LogP contribution >= 0.6 is 0 Å². The molecule has 0 heterocycles. The zero-order chi connectivity index (χ0) is 16.0. The normalized spacial score (nSPS) is 13.2. The fraction of sp³-hybridized carbons (Fsp3) is 0.533. The van der Waals surface area contributed by atoms with Gasteiger partial charge in [-0.1, -0.05) is 38.1 Å². The first-order chi connectivity index (χ1) is 9.75. The third-order valence-electron chi connectivity index (χ3n) is 3.11. The number of carbonyl (C=O) groups excluding carboxylic acids is 1. The third-order valence-corrected chi connectivity index (χ3v) is 4.65. The second-order valence-electron chi connectivity index (χ2n) is 5.29. The van der Waals surface area contributed by atoms with E-state index >= 15 is 0 Å². The lowest BCUT2D eigenvalue weighted by Crippen LogP contribution is -2.27. The molecule has 0 saturated heterocycles. The molecule has 0 aliphatic rings. The molecule has 1 rings (SSSR count). The summed E-state index contributed by atoms with van der Waals surface area (Å²) in [6.45, 7) is 5.96. The van der Waals surface area contributed by atoms with E-state index < -0.39 is 27.6 Å². The smallest absolute Gasteiger partial charge is 0.321 e. The highest BCUT2D eigenvalue weighted by Gasteiger charge is 2.22. The minimum absolute atomic E-state index is 0.164. The van der Waals surface area contributed by atoms with Gasteiger partial charge in [-0.05, 0) is 24.0 Å². The van der Waals surface area contributed by atoms with Gasteiger partial charge in [-0.15, -0.1) is 0 Å². The van der Waals surface area contributed by atoms with Gasteiger partial charge in [0.05, 0.1) is 12.4 Å². The number of hydrogen-bond donors (Lipinski definition) is 1. The molecule has 1 atom stereocenters. The SMILES string of the molecule is CCOC(=O)CS(=O)(=O)CC(N)c1ccc(C(C)C)cc1. The molecule has 0 amide bonds. The number of ether oxygens (including phenoxy) is 1. The Morgan fingerprint density at radius 3 is 2.19 bits per heavy atom. The zero-order valence-electron chi connectivity index (χ0n) is 12.7. The Hall–Kier alpha value is -1.40. The summed E-state index contributed by atoms with van der Waals surface area (Å²) in [4.78, 5) is 11.3. The summed E-state index contributed by atoms with van der Waals surface area (Å²) in [5.41, 5.74) is 7.84. The van der Waals surface area contributed by atoms with Gasteiger partial charge in [0.25, 0.3) is 0 Å². The maximum atomic E-state index is 11.9. The van der Waals surface area contributed by atoms with Gasteiger partial charge in [0.15, 0.2) is 9.84 Å². The summed E-state index contributed by atoms with van der Waals surface area (Å²) in [6, 6.07) is 6.90. The Labute approximate surface area is 126 Å². The van der Waals surface area contributed by atoms with Gasteiger partial charge in [-0.25, -0.2) is 8.42 Å². The molecule has 1 aromatic carbocycles. The van der Waals surface area contributed by atoms with E-state index in [0.717, 1.165) is 5.56 Å². The van der Waals surface area contributed by atoms with Crippen LogP contribution in [0.4, 0.5) is 0 Å². The zero-order valence-corrected chi connectivity index (χ0v) is 13.5. The maximum Gasteiger partial charge on any atom is 0.321 e. The molecule has 6 heteroatoms. The fourth-order valence-corrected chi connectivity index (χ4v) is 3.24.